The van der Waals surface area contributed by atoms with Crippen molar-refractivity contribution in [3.8, 4) is 0 Å². The SMILES string of the molecule is C1CCC([Te]C2CCCCC2)CC1. The van der Waals surface area contributed by atoms with E-state index in [9.17, 15) is 0 Å². The van der Waals surface area contributed by atoms with Crippen LogP contribution in [0.5, 0.6) is 0 Å². The van der Waals surface area contributed by atoms with Crippen LogP contribution in [0.1, 0.15) is 64.2 Å². The molecule has 0 spiro atoms. The van der Waals surface area contributed by atoms with Crippen LogP contribution in [0.15, 0.2) is 0 Å². The zero-order chi connectivity index (χ0) is 8.93. The first-order valence-corrected chi connectivity index (χ1v) is 8.80. The molecule has 0 aromatic heterocycles. The average molecular weight is 294 g/mol. The molecule has 0 aliphatic heterocycles. The van der Waals surface area contributed by atoms with Crippen molar-refractivity contribution in [2.45, 2.75) is 72.1 Å². The molecule has 2 saturated carbocycles. The molecule has 0 N–H and O–H groups in total. The zero-order valence-electron chi connectivity index (χ0n) is 8.63. The van der Waals surface area contributed by atoms with E-state index in [-0.39, 0.29) is 0 Å². The summed E-state index contributed by atoms with van der Waals surface area (Å²) in [6.45, 7) is 0. The van der Waals surface area contributed by atoms with Gasteiger partial charge in [-0.05, 0) is 0 Å². The summed E-state index contributed by atoms with van der Waals surface area (Å²) in [6.07, 6.45) is 15.7. The third kappa shape index (κ3) is 3.44. The molecule has 0 nitrogen and oxygen atoms in total. The fraction of sp³-hybridized carbons (Fsp3) is 1.00. The van der Waals surface area contributed by atoms with Gasteiger partial charge >= 0.3 is 93.1 Å². The summed E-state index contributed by atoms with van der Waals surface area (Å²) in [5, 5.41) is 0. The Balaban J connectivity index is 1.69. The van der Waals surface area contributed by atoms with Crippen molar-refractivity contribution >= 4 is 20.9 Å². The second-order valence-electron chi connectivity index (χ2n) is 4.66. The molecule has 0 saturated heterocycles. The first-order chi connectivity index (χ1) is 6.45. The zero-order valence-corrected chi connectivity index (χ0v) is 11.0. The monoisotopic (exact) mass is 296 g/mol. The van der Waals surface area contributed by atoms with Crippen molar-refractivity contribution in [2.75, 3.05) is 0 Å². The van der Waals surface area contributed by atoms with Crippen molar-refractivity contribution in [1.29, 1.82) is 0 Å². The van der Waals surface area contributed by atoms with Gasteiger partial charge in [0.05, 0.1) is 0 Å². The molecule has 13 heavy (non-hydrogen) atoms. The Bertz CT molecular complexity index is 116. The molecule has 0 atom stereocenters. The van der Waals surface area contributed by atoms with E-state index in [0.717, 1.165) is 0 Å². The van der Waals surface area contributed by atoms with Crippen LogP contribution in [0, 0.1) is 0 Å². The molecule has 0 aromatic carbocycles. The molecule has 0 bridgehead atoms. The molecule has 0 unspecified atom stereocenters. The minimum atomic E-state index is 0.401. The number of hydrogen-bond donors (Lipinski definition) is 0. The van der Waals surface area contributed by atoms with E-state index in [2.05, 4.69) is 0 Å². The van der Waals surface area contributed by atoms with E-state index < -0.39 is 0 Å². The van der Waals surface area contributed by atoms with Gasteiger partial charge in [0.2, 0.25) is 0 Å². The third-order valence-electron chi connectivity index (χ3n) is 3.49. The van der Waals surface area contributed by atoms with E-state index in [1.165, 1.54) is 20.8 Å². The van der Waals surface area contributed by atoms with E-state index in [1.54, 1.807) is 51.4 Å². The second kappa shape index (κ2) is 5.62. The average Bonchev–Trinajstić information content (AvgIpc) is 2.21. The molecular weight excluding hydrogens is 272 g/mol. The Kier molecular flexibility index (Phi) is 4.46. The van der Waals surface area contributed by atoms with Crippen LogP contribution in [0.4, 0.5) is 0 Å². The maximum absolute atomic E-state index is 1.61. The van der Waals surface area contributed by atoms with E-state index >= 15 is 0 Å². The molecule has 2 aliphatic rings. The summed E-state index contributed by atoms with van der Waals surface area (Å²) < 4.78 is 2.50. The molecule has 0 radical (unpaired) electrons. The Morgan fingerprint density at radius 2 is 0.923 bits per heavy atom. The fourth-order valence-electron chi connectivity index (χ4n) is 2.67. The van der Waals surface area contributed by atoms with Gasteiger partial charge in [0, 0.05) is 0 Å². The number of hydrogen-bond acceptors (Lipinski definition) is 0. The molecule has 76 valence electrons. The summed E-state index contributed by atoms with van der Waals surface area (Å²) in [6, 6.07) is 0. The maximum atomic E-state index is 1.61. The molecule has 1 heteroatoms. The summed E-state index contributed by atoms with van der Waals surface area (Å²) in [4.78, 5) is 0. The van der Waals surface area contributed by atoms with Gasteiger partial charge < -0.3 is 0 Å². The van der Waals surface area contributed by atoms with Crippen LogP contribution in [0.2, 0.25) is 7.93 Å². The first kappa shape index (κ1) is 10.3. The van der Waals surface area contributed by atoms with Crippen LogP contribution < -0.4 is 0 Å². The Morgan fingerprint density at radius 3 is 1.31 bits per heavy atom. The van der Waals surface area contributed by atoms with Gasteiger partial charge in [-0.1, -0.05) is 0 Å². The Morgan fingerprint density at radius 1 is 0.538 bits per heavy atom. The first-order valence-electron chi connectivity index (χ1n) is 6.10. The normalized spacial score (nSPS) is 27.7. The Labute approximate surface area is 92.9 Å². The van der Waals surface area contributed by atoms with Crippen LogP contribution in [0.25, 0.3) is 0 Å². The van der Waals surface area contributed by atoms with Crippen LogP contribution in [0.3, 0.4) is 0 Å². The van der Waals surface area contributed by atoms with Crippen molar-refractivity contribution in [2.24, 2.45) is 0 Å². The van der Waals surface area contributed by atoms with Gasteiger partial charge in [-0.25, -0.2) is 0 Å². The van der Waals surface area contributed by atoms with Crippen molar-refractivity contribution < 1.29 is 0 Å². The molecule has 2 fully saturated rings. The summed E-state index contributed by atoms with van der Waals surface area (Å²) in [5.41, 5.74) is 0. The fourth-order valence-corrected chi connectivity index (χ4v) is 7.68. The van der Waals surface area contributed by atoms with Crippen LogP contribution in [-0.4, -0.2) is 20.9 Å². The van der Waals surface area contributed by atoms with E-state index in [1.807, 2.05) is 0 Å². The molecule has 0 aromatic rings. The van der Waals surface area contributed by atoms with Gasteiger partial charge in [0.1, 0.15) is 0 Å². The summed E-state index contributed by atoms with van der Waals surface area (Å²) >= 11 is 0.401. The van der Waals surface area contributed by atoms with Gasteiger partial charge in [0.25, 0.3) is 0 Å². The molecular formula is C12H22Te. The van der Waals surface area contributed by atoms with Crippen molar-refractivity contribution in [1.82, 2.24) is 0 Å². The predicted octanol–water partition coefficient (Wildman–Crippen LogP) is 4.20. The summed E-state index contributed by atoms with van der Waals surface area (Å²) in [7, 11) is 0. The molecule has 0 amide bonds. The summed E-state index contributed by atoms with van der Waals surface area (Å²) in [5.74, 6) is 0. The van der Waals surface area contributed by atoms with Gasteiger partial charge in [-0.15, -0.1) is 0 Å². The topological polar surface area (TPSA) is 0 Å². The van der Waals surface area contributed by atoms with E-state index in [4.69, 9.17) is 0 Å². The van der Waals surface area contributed by atoms with Crippen molar-refractivity contribution in [3.63, 3.8) is 0 Å². The van der Waals surface area contributed by atoms with Crippen LogP contribution in [-0.2, 0) is 0 Å². The van der Waals surface area contributed by atoms with Gasteiger partial charge in [0.15, 0.2) is 0 Å². The van der Waals surface area contributed by atoms with Crippen LogP contribution >= 0.6 is 0 Å². The Hall–Kier alpha value is 0.790. The minimum absolute atomic E-state index is 0.401. The van der Waals surface area contributed by atoms with E-state index in [0.29, 0.717) is 20.9 Å². The second-order valence-corrected chi connectivity index (χ2v) is 9.24. The molecule has 0 heterocycles. The van der Waals surface area contributed by atoms with Gasteiger partial charge in [-0.2, -0.15) is 0 Å². The predicted molar refractivity (Wildman–Crippen MR) is 59.4 cm³/mol. The van der Waals surface area contributed by atoms with Gasteiger partial charge in [-0.3, -0.25) is 0 Å². The molecule has 2 aliphatic carbocycles. The third-order valence-corrected chi connectivity index (χ3v) is 8.38. The molecule has 2 rings (SSSR count). The quantitative estimate of drug-likeness (QED) is 0.670. The van der Waals surface area contributed by atoms with Crippen molar-refractivity contribution in [3.05, 3.63) is 0 Å². The number of rotatable bonds is 2. The standard InChI is InChI=1S/C12H22Te/c1-3-7-11(8-4-1)13-12-9-5-2-6-10-12/h11-12H,1-10H2.